The topological polar surface area (TPSA) is 82.5 Å². The monoisotopic (exact) mass is 328 g/mol. The van der Waals surface area contributed by atoms with Gasteiger partial charge in [-0.25, -0.2) is 19.6 Å². The standard InChI is InChI=1S/C16H17ClN6/c17-13-7-3-4-10(21-13)8-12-14-15(18)19-9-20-16(14)23(22-12)11-5-1-2-6-11/h3-4,7,9,11H,1-2,5-6,8H2,(H2,18,19,20). The second-order valence-electron chi connectivity index (χ2n) is 5.92. The Balaban J connectivity index is 1.82. The Morgan fingerprint density at radius 2 is 2.04 bits per heavy atom. The van der Waals surface area contributed by atoms with E-state index in [2.05, 4.69) is 15.0 Å². The molecule has 118 valence electrons. The average Bonchev–Trinajstić information content (AvgIpc) is 3.16. The fourth-order valence-corrected chi connectivity index (χ4v) is 3.50. The lowest BCUT2D eigenvalue weighted by atomic mass is 10.1. The van der Waals surface area contributed by atoms with E-state index < -0.39 is 0 Å². The minimum Gasteiger partial charge on any atom is -0.383 e. The van der Waals surface area contributed by atoms with Gasteiger partial charge in [-0.1, -0.05) is 30.5 Å². The van der Waals surface area contributed by atoms with Crippen LogP contribution in [0.4, 0.5) is 5.82 Å². The van der Waals surface area contributed by atoms with Crippen molar-refractivity contribution in [3.8, 4) is 0 Å². The number of nitrogens with zero attached hydrogens (tertiary/aromatic N) is 5. The van der Waals surface area contributed by atoms with Gasteiger partial charge in [0.25, 0.3) is 0 Å². The molecule has 3 aromatic heterocycles. The van der Waals surface area contributed by atoms with Crippen LogP contribution in [0.5, 0.6) is 0 Å². The van der Waals surface area contributed by atoms with Crippen molar-refractivity contribution in [2.45, 2.75) is 38.1 Å². The molecule has 3 aromatic rings. The lowest BCUT2D eigenvalue weighted by Gasteiger charge is -2.10. The Hall–Kier alpha value is -2.21. The highest BCUT2D eigenvalue weighted by Crippen LogP contribution is 2.33. The molecule has 0 aliphatic heterocycles. The van der Waals surface area contributed by atoms with Crippen molar-refractivity contribution >= 4 is 28.5 Å². The summed E-state index contributed by atoms with van der Waals surface area (Å²) in [6.45, 7) is 0. The Bertz CT molecular complexity index is 853. The SMILES string of the molecule is Nc1ncnc2c1c(Cc1cccc(Cl)n1)nn2C1CCCC1. The summed E-state index contributed by atoms with van der Waals surface area (Å²) in [5.41, 5.74) is 8.64. The molecule has 2 N–H and O–H groups in total. The van der Waals surface area contributed by atoms with Gasteiger partial charge in [0.15, 0.2) is 5.65 Å². The third kappa shape index (κ3) is 2.63. The molecule has 6 nitrogen and oxygen atoms in total. The molecule has 7 heteroatoms. The van der Waals surface area contributed by atoms with Crippen molar-refractivity contribution in [2.75, 3.05) is 5.73 Å². The summed E-state index contributed by atoms with van der Waals surface area (Å²) in [6, 6.07) is 5.98. The first-order valence-corrected chi connectivity index (χ1v) is 8.19. The van der Waals surface area contributed by atoms with E-state index in [9.17, 15) is 0 Å². The molecule has 0 atom stereocenters. The number of nitrogens with two attached hydrogens (primary N) is 1. The van der Waals surface area contributed by atoms with E-state index in [1.807, 2.05) is 16.8 Å². The largest absolute Gasteiger partial charge is 0.383 e. The normalized spacial score (nSPS) is 15.5. The van der Waals surface area contributed by atoms with Crippen LogP contribution in [0.15, 0.2) is 24.5 Å². The van der Waals surface area contributed by atoms with E-state index in [4.69, 9.17) is 22.4 Å². The summed E-state index contributed by atoms with van der Waals surface area (Å²) in [5.74, 6) is 0.469. The smallest absolute Gasteiger partial charge is 0.163 e. The number of anilines is 1. The summed E-state index contributed by atoms with van der Waals surface area (Å²) in [6.07, 6.45) is 6.81. The molecule has 0 radical (unpaired) electrons. The van der Waals surface area contributed by atoms with Crippen molar-refractivity contribution in [3.05, 3.63) is 41.1 Å². The van der Waals surface area contributed by atoms with Gasteiger partial charge in [-0.15, -0.1) is 0 Å². The molecule has 0 unspecified atom stereocenters. The van der Waals surface area contributed by atoms with Crippen LogP contribution in [-0.2, 0) is 6.42 Å². The molecular weight excluding hydrogens is 312 g/mol. The highest BCUT2D eigenvalue weighted by molar-refractivity contribution is 6.29. The summed E-state index contributed by atoms with van der Waals surface area (Å²) in [4.78, 5) is 12.9. The number of halogens is 1. The zero-order valence-corrected chi connectivity index (χ0v) is 13.4. The second-order valence-corrected chi connectivity index (χ2v) is 6.30. The van der Waals surface area contributed by atoms with Crippen molar-refractivity contribution in [1.29, 1.82) is 0 Å². The van der Waals surface area contributed by atoms with E-state index in [1.54, 1.807) is 6.07 Å². The molecule has 1 aliphatic carbocycles. The van der Waals surface area contributed by atoms with Crippen LogP contribution in [-0.4, -0.2) is 24.7 Å². The van der Waals surface area contributed by atoms with Crippen molar-refractivity contribution in [3.63, 3.8) is 0 Å². The van der Waals surface area contributed by atoms with Gasteiger partial charge in [0.2, 0.25) is 0 Å². The molecule has 23 heavy (non-hydrogen) atoms. The Morgan fingerprint density at radius 1 is 1.22 bits per heavy atom. The number of hydrogen-bond acceptors (Lipinski definition) is 5. The van der Waals surface area contributed by atoms with Crippen LogP contribution in [0.25, 0.3) is 11.0 Å². The molecule has 0 saturated heterocycles. The summed E-state index contributed by atoms with van der Waals surface area (Å²) in [7, 11) is 0. The maximum atomic E-state index is 6.10. The van der Waals surface area contributed by atoms with Gasteiger partial charge in [-0.05, 0) is 25.0 Å². The maximum Gasteiger partial charge on any atom is 0.163 e. The summed E-state index contributed by atoms with van der Waals surface area (Å²) < 4.78 is 2.03. The molecule has 0 amide bonds. The summed E-state index contributed by atoms with van der Waals surface area (Å²) >= 11 is 5.98. The predicted octanol–water partition coefficient (Wildman–Crippen LogP) is 3.16. The molecule has 1 aliphatic rings. The Kier molecular flexibility index (Phi) is 3.61. The lowest BCUT2D eigenvalue weighted by Crippen LogP contribution is -2.08. The van der Waals surface area contributed by atoms with Gasteiger partial charge in [-0.3, -0.25) is 0 Å². The van der Waals surface area contributed by atoms with Gasteiger partial charge >= 0.3 is 0 Å². The van der Waals surface area contributed by atoms with Crippen LogP contribution < -0.4 is 5.73 Å². The first-order chi connectivity index (χ1) is 11.2. The predicted molar refractivity (Wildman–Crippen MR) is 89.3 cm³/mol. The number of hydrogen-bond donors (Lipinski definition) is 1. The number of rotatable bonds is 3. The number of aromatic nitrogens is 5. The van der Waals surface area contributed by atoms with E-state index in [1.165, 1.54) is 19.2 Å². The maximum absolute atomic E-state index is 6.10. The van der Waals surface area contributed by atoms with Gasteiger partial charge in [0.05, 0.1) is 17.1 Å². The Morgan fingerprint density at radius 3 is 2.83 bits per heavy atom. The van der Waals surface area contributed by atoms with E-state index in [0.29, 0.717) is 23.4 Å². The fourth-order valence-electron chi connectivity index (χ4n) is 3.31. The molecule has 0 aromatic carbocycles. The first kappa shape index (κ1) is 14.4. The zero-order chi connectivity index (χ0) is 15.8. The van der Waals surface area contributed by atoms with Crippen LogP contribution in [0.3, 0.4) is 0 Å². The van der Waals surface area contributed by atoms with Crippen molar-refractivity contribution < 1.29 is 0 Å². The van der Waals surface area contributed by atoms with Crippen LogP contribution in [0.2, 0.25) is 5.15 Å². The van der Waals surface area contributed by atoms with Gasteiger partial charge in [-0.2, -0.15) is 5.10 Å². The molecule has 4 rings (SSSR count). The zero-order valence-electron chi connectivity index (χ0n) is 12.6. The van der Waals surface area contributed by atoms with Crippen LogP contribution in [0.1, 0.15) is 43.1 Å². The van der Waals surface area contributed by atoms with E-state index >= 15 is 0 Å². The highest BCUT2D eigenvalue weighted by atomic mass is 35.5. The minimum absolute atomic E-state index is 0.396. The van der Waals surface area contributed by atoms with Gasteiger partial charge < -0.3 is 5.73 Å². The molecule has 1 fully saturated rings. The minimum atomic E-state index is 0.396. The van der Waals surface area contributed by atoms with Gasteiger partial charge in [0.1, 0.15) is 17.3 Å². The molecule has 0 spiro atoms. The molecular formula is C16H17ClN6. The van der Waals surface area contributed by atoms with E-state index in [-0.39, 0.29) is 0 Å². The average molecular weight is 329 g/mol. The molecule has 1 saturated carbocycles. The second kappa shape index (κ2) is 5.77. The Labute approximate surface area is 138 Å². The third-order valence-electron chi connectivity index (χ3n) is 4.38. The first-order valence-electron chi connectivity index (χ1n) is 7.81. The van der Waals surface area contributed by atoms with Crippen LogP contribution >= 0.6 is 11.6 Å². The molecule has 0 bridgehead atoms. The third-order valence-corrected chi connectivity index (χ3v) is 4.59. The highest BCUT2D eigenvalue weighted by Gasteiger charge is 2.24. The van der Waals surface area contributed by atoms with Crippen LogP contribution in [0, 0.1) is 0 Å². The van der Waals surface area contributed by atoms with Gasteiger partial charge in [0, 0.05) is 12.1 Å². The lowest BCUT2D eigenvalue weighted by molar-refractivity contribution is 0.475. The number of pyridine rings is 1. The fraction of sp³-hybridized carbons (Fsp3) is 0.375. The van der Waals surface area contributed by atoms with E-state index in [0.717, 1.165) is 35.3 Å². The quantitative estimate of drug-likeness (QED) is 0.747. The van der Waals surface area contributed by atoms with Crippen molar-refractivity contribution in [1.82, 2.24) is 24.7 Å². The molecule has 3 heterocycles. The number of fused-ring (bicyclic) bond motifs is 1. The summed E-state index contributed by atoms with van der Waals surface area (Å²) in [5, 5.41) is 6.12. The number of nitrogen functional groups attached to an aromatic ring is 1. The van der Waals surface area contributed by atoms with Crippen molar-refractivity contribution in [2.24, 2.45) is 0 Å².